The molecule has 5 nitrogen and oxygen atoms in total. The lowest BCUT2D eigenvalue weighted by Crippen LogP contribution is -2.36. The van der Waals surface area contributed by atoms with E-state index in [1.165, 1.54) is 12.8 Å². The van der Waals surface area contributed by atoms with E-state index >= 15 is 0 Å². The average molecular weight is 260 g/mol. The molecule has 0 unspecified atom stereocenters. The van der Waals surface area contributed by atoms with Gasteiger partial charge in [0.15, 0.2) is 0 Å². The molecule has 0 bridgehead atoms. The average Bonchev–Trinajstić information content (AvgIpc) is 2.61. The van der Waals surface area contributed by atoms with Crippen LogP contribution in [0, 0.1) is 18.3 Å². The largest absolute Gasteiger partial charge is 0.388 e. The van der Waals surface area contributed by atoms with Crippen LogP contribution < -0.4 is 5.32 Å². The van der Waals surface area contributed by atoms with E-state index in [4.69, 9.17) is 5.26 Å². The third kappa shape index (κ3) is 3.90. The van der Waals surface area contributed by atoms with Crippen molar-refractivity contribution in [3.63, 3.8) is 0 Å². The Morgan fingerprint density at radius 3 is 2.63 bits per heavy atom. The quantitative estimate of drug-likeness (QED) is 0.814. The summed E-state index contributed by atoms with van der Waals surface area (Å²) < 4.78 is 0. The van der Waals surface area contributed by atoms with Crippen molar-refractivity contribution in [2.75, 3.05) is 11.9 Å². The molecule has 0 saturated heterocycles. The Morgan fingerprint density at radius 2 is 2.00 bits per heavy atom. The predicted octanol–water partition coefficient (Wildman–Crippen LogP) is 2.15. The van der Waals surface area contributed by atoms with Crippen molar-refractivity contribution < 1.29 is 5.11 Å². The van der Waals surface area contributed by atoms with E-state index in [1.807, 2.05) is 13.0 Å². The van der Waals surface area contributed by atoms with Crippen LogP contribution in [0.15, 0.2) is 6.07 Å². The second-order valence-electron chi connectivity index (χ2n) is 5.32. The van der Waals surface area contributed by atoms with Crippen LogP contribution in [0.3, 0.4) is 0 Å². The maximum atomic E-state index is 10.5. The smallest absolute Gasteiger partial charge is 0.224 e. The van der Waals surface area contributed by atoms with Crippen molar-refractivity contribution in [3.05, 3.63) is 17.5 Å². The lowest BCUT2D eigenvalue weighted by Gasteiger charge is -2.26. The molecule has 102 valence electrons. The Kier molecular flexibility index (Phi) is 4.33. The molecule has 1 aromatic rings. The second kappa shape index (κ2) is 5.98. The van der Waals surface area contributed by atoms with Gasteiger partial charge in [0.05, 0.1) is 5.60 Å². The highest BCUT2D eigenvalue weighted by Gasteiger charge is 2.27. The van der Waals surface area contributed by atoms with Crippen LogP contribution in [-0.4, -0.2) is 27.2 Å². The first-order chi connectivity index (χ1) is 9.11. The monoisotopic (exact) mass is 260 g/mol. The van der Waals surface area contributed by atoms with E-state index in [1.54, 1.807) is 6.07 Å². The summed E-state index contributed by atoms with van der Waals surface area (Å²) in [5, 5.41) is 22.5. The number of aliphatic hydroxyl groups is 1. The fraction of sp³-hybridized carbons (Fsp3) is 0.643. The molecular formula is C14H20N4O. The molecule has 1 aliphatic rings. The first-order valence-electron chi connectivity index (χ1n) is 6.83. The first-order valence-corrected chi connectivity index (χ1v) is 6.83. The van der Waals surface area contributed by atoms with Gasteiger partial charge in [-0.3, -0.25) is 0 Å². The van der Waals surface area contributed by atoms with Gasteiger partial charge in [0, 0.05) is 12.2 Å². The topological polar surface area (TPSA) is 81.8 Å². The van der Waals surface area contributed by atoms with E-state index < -0.39 is 5.60 Å². The molecule has 1 aromatic heterocycles. The van der Waals surface area contributed by atoms with Gasteiger partial charge in [-0.1, -0.05) is 25.7 Å². The van der Waals surface area contributed by atoms with Crippen molar-refractivity contribution in [2.24, 2.45) is 0 Å². The lowest BCUT2D eigenvalue weighted by atomic mass is 9.95. The minimum atomic E-state index is -0.670. The molecule has 0 spiro atoms. The zero-order chi connectivity index (χ0) is 13.7. The van der Waals surface area contributed by atoms with Crippen molar-refractivity contribution in [3.8, 4) is 6.07 Å². The van der Waals surface area contributed by atoms with Gasteiger partial charge < -0.3 is 10.4 Å². The van der Waals surface area contributed by atoms with Crippen LogP contribution in [0.5, 0.6) is 0 Å². The van der Waals surface area contributed by atoms with Crippen molar-refractivity contribution in [1.29, 1.82) is 5.26 Å². The Balaban J connectivity index is 2.01. The van der Waals surface area contributed by atoms with Crippen LogP contribution in [0.25, 0.3) is 0 Å². The lowest BCUT2D eigenvalue weighted by molar-refractivity contribution is 0.0379. The molecule has 1 heterocycles. The SMILES string of the molecule is Cc1cc(C#N)nc(NCC2(O)CCCCCC2)n1. The summed E-state index contributed by atoms with van der Waals surface area (Å²) in [5.41, 5.74) is 0.431. The minimum absolute atomic E-state index is 0.350. The highest BCUT2D eigenvalue weighted by molar-refractivity contribution is 5.33. The van der Waals surface area contributed by atoms with Gasteiger partial charge in [-0.2, -0.15) is 5.26 Å². The summed E-state index contributed by atoms with van der Waals surface area (Å²) in [4.78, 5) is 8.33. The molecule has 0 aromatic carbocycles. The highest BCUT2D eigenvalue weighted by Crippen LogP contribution is 2.27. The van der Waals surface area contributed by atoms with Crippen molar-refractivity contribution in [1.82, 2.24) is 9.97 Å². The number of rotatable bonds is 3. The minimum Gasteiger partial charge on any atom is -0.388 e. The van der Waals surface area contributed by atoms with Gasteiger partial charge in [0.2, 0.25) is 5.95 Å². The Bertz CT molecular complexity index is 473. The number of hydrogen-bond acceptors (Lipinski definition) is 5. The number of aromatic nitrogens is 2. The molecule has 1 fully saturated rings. The number of nitriles is 1. The van der Waals surface area contributed by atoms with Gasteiger partial charge >= 0.3 is 0 Å². The van der Waals surface area contributed by atoms with E-state index in [9.17, 15) is 5.11 Å². The van der Waals surface area contributed by atoms with Crippen LogP contribution in [0.4, 0.5) is 5.95 Å². The van der Waals surface area contributed by atoms with E-state index in [0.717, 1.165) is 31.4 Å². The van der Waals surface area contributed by atoms with E-state index in [0.29, 0.717) is 18.2 Å². The third-order valence-electron chi connectivity index (χ3n) is 3.58. The highest BCUT2D eigenvalue weighted by atomic mass is 16.3. The van der Waals surface area contributed by atoms with Crippen molar-refractivity contribution >= 4 is 5.95 Å². The number of anilines is 1. The van der Waals surface area contributed by atoms with Crippen LogP contribution in [0.1, 0.15) is 49.9 Å². The second-order valence-corrected chi connectivity index (χ2v) is 5.32. The van der Waals surface area contributed by atoms with Crippen molar-refractivity contribution in [2.45, 2.75) is 51.0 Å². The third-order valence-corrected chi connectivity index (χ3v) is 3.58. The summed E-state index contributed by atoms with van der Waals surface area (Å²) in [6.45, 7) is 2.27. The first kappa shape index (κ1) is 13.8. The van der Waals surface area contributed by atoms with Gasteiger partial charge in [-0.15, -0.1) is 0 Å². The maximum Gasteiger partial charge on any atom is 0.224 e. The maximum absolute atomic E-state index is 10.5. The van der Waals surface area contributed by atoms with E-state index in [-0.39, 0.29) is 0 Å². The zero-order valence-electron chi connectivity index (χ0n) is 11.3. The molecule has 0 radical (unpaired) electrons. The molecule has 1 aliphatic carbocycles. The molecular weight excluding hydrogens is 240 g/mol. The molecule has 0 atom stereocenters. The molecule has 19 heavy (non-hydrogen) atoms. The normalized spacial score (nSPS) is 18.4. The fourth-order valence-electron chi connectivity index (χ4n) is 2.51. The Hall–Kier alpha value is -1.67. The molecule has 1 saturated carbocycles. The fourth-order valence-corrected chi connectivity index (χ4v) is 2.51. The molecule has 5 heteroatoms. The number of aryl methyl sites for hydroxylation is 1. The zero-order valence-corrected chi connectivity index (χ0v) is 11.3. The molecule has 0 aliphatic heterocycles. The summed E-state index contributed by atoms with van der Waals surface area (Å²) >= 11 is 0. The van der Waals surface area contributed by atoms with Crippen LogP contribution >= 0.6 is 0 Å². The summed E-state index contributed by atoms with van der Waals surface area (Å²) in [7, 11) is 0. The van der Waals surface area contributed by atoms with Gasteiger partial charge in [0.25, 0.3) is 0 Å². The van der Waals surface area contributed by atoms with Gasteiger partial charge in [0.1, 0.15) is 11.8 Å². The van der Waals surface area contributed by atoms with Crippen LogP contribution in [0.2, 0.25) is 0 Å². The summed E-state index contributed by atoms with van der Waals surface area (Å²) in [5.74, 6) is 0.425. The number of hydrogen-bond donors (Lipinski definition) is 2. The van der Waals surface area contributed by atoms with Gasteiger partial charge in [-0.05, 0) is 25.8 Å². The number of nitrogens with one attached hydrogen (secondary N) is 1. The van der Waals surface area contributed by atoms with E-state index in [2.05, 4.69) is 15.3 Å². The Morgan fingerprint density at radius 1 is 1.32 bits per heavy atom. The molecule has 2 rings (SSSR count). The summed E-state index contributed by atoms with van der Waals surface area (Å²) in [6.07, 6.45) is 6.16. The number of nitrogens with zero attached hydrogens (tertiary/aromatic N) is 3. The predicted molar refractivity (Wildman–Crippen MR) is 72.6 cm³/mol. The van der Waals surface area contributed by atoms with Gasteiger partial charge in [-0.25, -0.2) is 9.97 Å². The summed E-state index contributed by atoms with van der Waals surface area (Å²) in [6, 6.07) is 3.66. The molecule has 0 amide bonds. The Labute approximate surface area is 113 Å². The standard InChI is InChI=1S/C14H20N4O/c1-11-8-12(9-15)18-13(17-11)16-10-14(19)6-4-2-3-5-7-14/h8,19H,2-7,10H2,1H3,(H,16,17,18). The van der Waals surface area contributed by atoms with Crippen LogP contribution in [-0.2, 0) is 0 Å². The molecule has 2 N–H and O–H groups in total.